The van der Waals surface area contributed by atoms with E-state index in [0.29, 0.717) is 5.84 Å². The first-order chi connectivity index (χ1) is 9.25. The minimum absolute atomic E-state index is 0. The lowest BCUT2D eigenvalue weighted by Gasteiger charge is -2.14. The lowest BCUT2D eigenvalue weighted by molar-refractivity contribution is 0.716. The van der Waals surface area contributed by atoms with Crippen LogP contribution in [0.4, 0.5) is 0 Å². The standard InChI is InChI=1S/C17H18N2.ClH/c1-14(16-10-6-3-7-11-16)19-17(18)13-12-15-8-4-2-5-9-15;/h2-14H,1H3,(H2,18,19);1H/b13-12+;. The first kappa shape index (κ1) is 16.0. The van der Waals surface area contributed by atoms with Crippen LogP contribution in [0.2, 0.25) is 0 Å². The molecule has 0 spiro atoms. The second kappa shape index (κ2) is 8.18. The fraction of sp³-hybridized carbons (Fsp3) is 0.118. The van der Waals surface area contributed by atoms with E-state index in [0.717, 1.165) is 5.56 Å². The molecule has 2 nitrogen and oxygen atoms in total. The molecule has 0 aliphatic carbocycles. The van der Waals surface area contributed by atoms with Crippen molar-refractivity contribution in [3.8, 4) is 0 Å². The Balaban J connectivity index is 0.00000200. The van der Waals surface area contributed by atoms with Crippen molar-refractivity contribution in [3.05, 3.63) is 77.9 Å². The summed E-state index contributed by atoms with van der Waals surface area (Å²) in [6, 6.07) is 20.3. The highest BCUT2D eigenvalue weighted by Crippen LogP contribution is 2.11. The van der Waals surface area contributed by atoms with Gasteiger partial charge in [0.15, 0.2) is 0 Å². The number of amidine groups is 1. The van der Waals surface area contributed by atoms with E-state index < -0.39 is 0 Å². The SMILES string of the molecule is CC(NC(=N)/C=C/c1ccccc1)c1ccccc1.Cl. The Hall–Kier alpha value is -2.06. The summed E-state index contributed by atoms with van der Waals surface area (Å²) >= 11 is 0. The van der Waals surface area contributed by atoms with Crippen LogP contribution in [0.5, 0.6) is 0 Å². The van der Waals surface area contributed by atoms with Crippen molar-refractivity contribution in [2.24, 2.45) is 0 Å². The van der Waals surface area contributed by atoms with Crippen molar-refractivity contribution < 1.29 is 0 Å². The van der Waals surface area contributed by atoms with Crippen LogP contribution in [0.15, 0.2) is 66.7 Å². The maximum absolute atomic E-state index is 7.92. The van der Waals surface area contributed by atoms with Crippen molar-refractivity contribution in [2.75, 3.05) is 0 Å². The van der Waals surface area contributed by atoms with Gasteiger partial charge in [0, 0.05) is 6.04 Å². The van der Waals surface area contributed by atoms with E-state index in [2.05, 4.69) is 24.4 Å². The molecule has 0 saturated carbocycles. The highest BCUT2D eigenvalue weighted by atomic mass is 35.5. The molecule has 20 heavy (non-hydrogen) atoms. The van der Waals surface area contributed by atoms with E-state index in [9.17, 15) is 0 Å². The molecular weight excluding hydrogens is 268 g/mol. The Morgan fingerprint density at radius 2 is 1.55 bits per heavy atom. The van der Waals surface area contributed by atoms with Crippen molar-refractivity contribution in [1.82, 2.24) is 5.32 Å². The normalized spacial score (nSPS) is 11.7. The zero-order valence-corrected chi connectivity index (χ0v) is 12.2. The van der Waals surface area contributed by atoms with Gasteiger partial charge in [0.2, 0.25) is 0 Å². The average molecular weight is 287 g/mol. The van der Waals surface area contributed by atoms with Crippen LogP contribution < -0.4 is 5.32 Å². The van der Waals surface area contributed by atoms with Gasteiger partial charge >= 0.3 is 0 Å². The number of benzene rings is 2. The van der Waals surface area contributed by atoms with Gasteiger partial charge in [-0.3, -0.25) is 5.41 Å². The predicted molar refractivity (Wildman–Crippen MR) is 88.4 cm³/mol. The van der Waals surface area contributed by atoms with Crippen LogP contribution in [-0.4, -0.2) is 5.84 Å². The lowest BCUT2D eigenvalue weighted by Crippen LogP contribution is -2.23. The van der Waals surface area contributed by atoms with Gasteiger partial charge in [0.05, 0.1) is 0 Å². The molecule has 0 bridgehead atoms. The van der Waals surface area contributed by atoms with Gasteiger partial charge in [-0.2, -0.15) is 0 Å². The van der Waals surface area contributed by atoms with E-state index in [1.165, 1.54) is 5.56 Å². The van der Waals surface area contributed by atoms with E-state index in [1.807, 2.05) is 54.6 Å². The number of nitrogens with one attached hydrogen (secondary N) is 2. The Bertz CT molecular complexity index is 550. The highest BCUT2D eigenvalue weighted by Gasteiger charge is 2.03. The van der Waals surface area contributed by atoms with Crippen LogP contribution in [0.25, 0.3) is 6.08 Å². The van der Waals surface area contributed by atoms with Crippen LogP contribution in [-0.2, 0) is 0 Å². The second-order valence-corrected chi connectivity index (χ2v) is 4.43. The Labute approximate surface area is 126 Å². The predicted octanol–water partition coefficient (Wildman–Crippen LogP) is 4.45. The Morgan fingerprint density at radius 3 is 2.15 bits per heavy atom. The minimum atomic E-state index is 0. The first-order valence-electron chi connectivity index (χ1n) is 6.39. The van der Waals surface area contributed by atoms with Gasteiger partial charge in [-0.05, 0) is 24.1 Å². The molecule has 0 aliphatic rings. The molecule has 2 N–H and O–H groups in total. The zero-order valence-electron chi connectivity index (χ0n) is 11.4. The molecule has 104 valence electrons. The van der Waals surface area contributed by atoms with Gasteiger partial charge in [-0.15, -0.1) is 12.4 Å². The van der Waals surface area contributed by atoms with Crippen molar-refractivity contribution in [1.29, 1.82) is 5.41 Å². The van der Waals surface area contributed by atoms with Crippen LogP contribution in [0.3, 0.4) is 0 Å². The maximum Gasteiger partial charge on any atom is 0.118 e. The number of hydrogen-bond donors (Lipinski definition) is 2. The topological polar surface area (TPSA) is 35.9 Å². The summed E-state index contributed by atoms with van der Waals surface area (Å²) in [5, 5.41) is 11.1. The summed E-state index contributed by atoms with van der Waals surface area (Å²) in [6.45, 7) is 2.06. The molecule has 0 aromatic heterocycles. The Morgan fingerprint density at radius 1 is 1.00 bits per heavy atom. The van der Waals surface area contributed by atoms with Gasteiger partial charge in [0.1, 0.15) is 5.84 Å². The van der Waals surface area contributed by atoms with E-state index in [1.54, 1.807) is 6.08 Å². The third-order valence-corrected chi connectivity index (χ3v) is 2.91. The summed E-state index contributed by atoms with van der Waals surface area (Å²) in [7, 11) is 0. The molecule has 0 radical (unpaired) electrons. The molecule has 0 aliphatic heterocycles. The second-order valence-electron chi connectivity index (χ2n) is 4.43. The van der Waals surface area contributed by atoms with E-state index in [-0.39, 0.29) is 18.4 Å². The highest BCUT2D eigenvalue weighted by molar-refractivity contribution is 5.94. The minimum Gasteiger partial charge on any atom is -0.364 e. The lowest BCUT2D eigenvalue weighted by atomic mass is 10.1. The monoisotopic (exact) mass is 286 g/mol. The molecule has 3 heteroatoms. The fourth-order valence-electron chi connectivity index (χ4n) is 1.85. The van der Waals surface area contributed by atoms with Crippen LogP contribution >= 0.6 is 12.4 Å². The molecule has 1 atom stereocenters. The van der Waals surface area contributed by atoms with Gasteiger partial charge in [-0.1, -0.05) is 66.7 Å². The molecule has 0 amide bonds. The van der Waals surface area contributed by atoms with Crippen molar-refractivity contribution in [2.45, 2.75) is 13.0 Å². The fourth-order valence-corrected chi connectivity index (χ4v) is 1.85. The number of rotatable bonds is 4. The zero-order chi connectivity index (χ0) is 13.5. The van der Waals surface area contributed by atoms with Crippen molar-refractivity contribution >= 4 is 24.3 Å². The number of halogens is 1. The molecule has 2 aromatic carbocycles. The molecule has 1 unspecified atom stereocenters. The molecule has 2 aromatic rings. The largest absolute Gasteiger partial charge is 0.364 e. The third-order valence-electron chi connectivity index (χ3n) is 2.91. The first-order valence-corrected chi connectivity index (χ1v) is 6.39. The van der Waals surface area contributed by atoms with Gasteiger partial charge in [-0.25, -0.2) is 0 Å². The smallest absolute Gasteiger partial charge is 0.118 e. The maximum atomic E-state index is 7.92. The summed E-state index contributed by atoms with van der Waals surface area (Å²) in [6.07, 6.45) is 3.72. The van der Waals surface area contributed by atoms with Gasteiger partial charge < -0.3 is 5.32 Å². The third kappa shape index (κ3) is 4.90. The molecule has 0 heterocycles. The summed E-state index contributed by atoms with van der Waals surface area (Å²) in [5.74, 6) is 0.417. The quantitative estimate of drug-likeness (QED) is 0.632. The van der Waals surface area contributed by atoms with E-state index in [4.69, 9.17) is 5.41 Å². The molecule has 0 saturated heterocycles. The summed E-state index contributed by atoms with van der Waals surface area (Å²) in [5.41, 5.74) is 2.28. The molecule has 0 fully saturated rings. The summed E-state index contributed by atoms with van der Waals surface area (Å²) < 4.78 is 0. The van der Waals surface area contributed by atoms with Crippen LogP contribution in [0.1, 0.15) is 24.1 Å². The van der Waals surface area contributed by atoms with Gasteiger partial charge in [0.25, 0.3) is 0 Å². The van der Waals surface area contributed by atoms with Crippen molar-refractivity contribution in [3.63, 3.8) is 0 Å². The average Bonchev–Trinajstić information content (AvgIpc) is 2.47. The molecule has 2 rings (SSSR count). The van der Waals surface area contributed by atoms with E-state index >= 15 is 0 Å². The molecular formula is C17H19ClN2. The summed E-state index contributed by atoms with van der Waals surface area (Å²) in [4.78, 5) is 0. The van der Waals surface area contributed by atoms with Crippen LogP contribution in [0, 0.1) is 5.41 Å². The Kier molecular flexibility index (Phi) is 6.54. The number of hydrogen-bond acceptors (Lipinski definition) is 1.